The molecule has 2 aromatic heterocycles. The number of oxime groups is 1. The molecule has 2 rings (SSSR count). The van der Waals surface area contributed by atoms with Crippen molar-refractivity contribution in [2.75, 3.05) is 0 Å². The first-order valence-corrected chi connectivity index (χ1v) is 3.51. The summed E-state index contributed by atoms with van der Waals surface area (Å²) in [6.07, 6.45) is 4.85. The van der Waals surface area contributed by atoms with Gasteiger partial charge in [0.25, 0.3) is 0 Å². The maximum Gasteiger partial charge on any atom is 0.0771 e. The fourth-order valence-corrected chi connectivity index (χ4v) is 1.12. The Kier molecular flexibility index (Phi) is 1.51. The SMILES string of the molecule is ON=Cc1cnn2ccccc12. The van der Waals surface area contributed by atoms with Crippen molar-refractivity contribution in [1.82, 2.24) is 9.61 Å². The maximum atomic E-state index is 8.33. The van der Waals surface area contributed by atoms with Gasteiger partial charge in [0.1, 0.15) is 0 Å². The largest absolute Gasteiger partial charge is 0.411 e. The van der Waals surface area contributed by atoms with Crippen molar-refractivity contribution in [3.8, 4) is 0 Å². The van der Waals surface area contributed by atoms with Gasteiger partial charge in [-0.3, -0.25) is 0 Å². The smallest absolute Gasteiger partial charge is 0.0771 e. The average molecular weight is 161 g/mol. The second-order valence-corrected chi connectivity index (χ2v) is 2.37. The minimum Gasteiger partial charge on any atom is -0.411 e. The number of pyridine rings is 1. The van der Waals surface area contributed by atoms with Gasteiger partial charge < -0.3 is 5.21 Å². The molecule has 0 aliphatic rings. The molecule has 4 nitrogen and oxygen atoms in total. The van der Waals surface area contributed by atoms with Crippen LogP contribution in [0.4, 0.5) is 0 Å². The number of rotatable bonds is 1. The fraction of sp³-hybridized carbons (Fsp3) is 0. The van der Waals surface area contributed by atoms with E-state index >= 15 is 0 Å². The van der Waals surface area contributed by atoms with Gasteiger partial charge in [0.15, 0.2) is 0 Å². The van der Waals surface area contributed by atoms with Crippen molar-refractivity contribution in [3.63, 3.8) is 0 Å². The van der Waals surface area contributed by atoms with Gasteiger partial charge in [0, 0.05) is 11.8 Å². The van der Waals surface area contributed by atoms with E-state index in [1.807, 2.05) is 24.4 Å². The molecular weight excluding hydrogens is 154 g/mol. The summed E-state index contributed by atoms with van der Waals surface area (Å²) in [5, 5.41) is 15.3. The molecule has 0 bridgehead atoms. The van der Waals surface area contributed by atoms with Crippen LogP contribution in [0, 0.1) is 0 Å². The first-order valence-electron chi connectivity index (χ1n) is 3.51. The standard InChI is InChI=1S/C8H7N3O/c12-10-6-7-5-9-11-4-2-1-3-8(7)11/h1-6,12H. The highest BCUT2D eigenvalue weighted by atomic mass is 16.4. The third-order valence-electron chi connectivity index (χ3n) is 1.65. The van der Waals surface area contributed by atoms with Crippen molar-refractivity contribution in [3.05, 3.63) is 36.2 Å². The van der Waals surface area contributed by atoms with Crippen LogP contribution in [0.5, 0.6) is 0 Å². The van der Waals surface area contributed by atoms with E-state index in [1.54, 1.807) is 10.7 Å². The van der Waals surface area contributed by atoms with Gasteiger partial charge in [-0.15, -0.1) is 0 Å². The van der Waals surface area contributed by atoms with E-state index in [1.165, 1.54) is 6.21 Å². The summed E-state index contributed by atoms with van der Waals surface area (Å²) in [6.45, 7) is 0. The topological polar surface area (TPSA) is 49.9 Å². The Morgan fingerprint density at radius 3 is 3.25 bits per heavy atom. The lowest BCUT2D eigenvalue weighted by Crippen LogP contribution is -1.84. The van der Waals surface area contributed by atoms with Gasteiger partial charge in [0.2, 0.25) is 0 Å². The predicted octanol–water partition coefficient (Wildman–Crippen LogP) is 1.14. The minimum absolute atomic E-state index is 0.804. The van der Waals surface area contributed by atoms with Crippen molar-refractivity contribution < 1.29 is 5.21 Å². The zero-order chi connectivity index (χ0) is 8.39. The Labute approximate surface area is 68.7 Å². The zero-order valence-electron chi connectivity index (χ0n) is 6.25. The third kappa shape index (κ3) is 0.934. The summed E-state index contributed by atoms with van der Waals surface area (Å²) < 4.78 is 1.72. The molecule has 0 radical (unpaired) electrons. The van der Waals surface area contributed by atoms with Gasteiger partial charge in [-0.05, 0) is 12.1 Å². The van der Waals surface area contributed by atoms with Gasteiger partial charge in [-0.25, -0.2) is 4.52 Å². The second kappa shape index (κ2) is 2.65. The van der Waals surface area contributed by atoms with Crippen molar-refractivity contribution in [1.29, 1.82) is 0 Å². The van der Waals surface area contributed by atoms with E-state index in [2.05, 4.69) is 10.3 Å². The van der Waals surface area contributed by atoms with Crippen LogP contribution < -0.4 is 0 Å². The number of hydrogen-bond donors (Lipinski definition) is 1. The summed E-state index contributed by atoms with van der Waals surface area (Å²) >= 11 is 0. The highest BCUT2D eigenvalue weighted by Gasteiger charge is 1.98. The summed E-state index contributed by atoms with van der Waals surface area (Å²) in [7, 11) is 0. The summed E-state index contributed by atoms with van der Waals surface area (Å²) in [5.74, 6) is 0. The van der Waals surface area contributed by atoms with Crippen LogP contribution in [0.3, 0.4) is 0 Å². The Morgan fingerprint density at radius 2 is 2.42 bits per heavy atom. The minimum atomic E-state index is 0.804. The van der Waals surface area contributed by atoms with E-state index in [9.17, 15) is 0 Å². The molecule has 2 aromatic rings. The first-order chi connectivity index (χ1) is 5.92. The van der Waals surface area contributed by atoms with Crippen molar-refractivity contribution in [2.45, 2.75) is 0 Å². The zero-order valence-corrected chi connectivity index (χ0v) is 6.25. The molecule has 0 spiro atoms. The quantitative estimate of drug-likeness (QED) is 0.387. The van der Waals surface area contributed by atoms with Crippen LogP contribution in [0.1, 0.15) is 5.56 Å². The average Bonchev–Trinajstić information content (AvgIpc) is 2.50. The molecule has 0 fully saturated rings. The van der Waals surface area contributed by atoms with Crippen LogP contribution >= 0.6 is 0 Å². The summed E-state index contributed by atoms with van der Waals surface area (Å²) in [4.78, 5) is 0. The van der Waals surface area contributed by atoms with E-state index in [0.717, 1.165) is 11.1 Å². The Morgan fingerprint density at radius 1 is 1.50 bits per heavy atom. The molecule has 12 heavy (non-hydrogen) atoms. The lowest BCUT2D eigenvalue weighted by atomic mass is 10.3. The van der Waals surface area contributed by atoms with E-state index < -0.39 is 0 Å². The Bertz CT molecular complexity index is 419. The van der Waals surface area contributed by atoms with Crippen LogP contribution in [-0.2, 0) is 0 Å². The van der Waals surface area contributed by atoms with Gasteiger partial charge >= 0.3 is 0 Å². The summed E-state index contributed by atoms with van der Waals surface area (Å²) in [6, 6.07) is 5.70. The van der Waals surface area contributed by atoms with Crippen molar-refractivity contribution >= 4 is 11.7 Å². The molecule has 0 aliphatic carbocycles. The number of aromatic nitrogens is 2. The van der Waals surface area contributed by atoms with E-state index in [0.29, 0.717) is 0 Å². The van der Waals surface area contributed by atoms with E-state index in [-0.39, 0.29) is 0 Å². The number of nitrogens with zero attached hydrogens (tertiary/aromatic N) is 3. The maximum absolute atomic E-state index is 8.33. The van der Waals surface area contributed by atoms with Crippen LogP contribution in [0.25, 0.3) is 5.52 Å². The first kappa shape index (κ1) is 6.84. The third-order valence-corrected chi connectivity index (χ3v) is 1.65. The molecule has 0 aromatic carbocycles. The Hall–Kier alpha value is -1.84. The second-order valence-electron chi connectivity index (χ2n) is 2.37. The highest BCUT2D eigenvalue weighted by Crippen LogP contribution is 2.06. The van der Waals surface area contributed by atoms with Crippen molar-refractivity contribution in [2.24, 2.45) is 5.16 Å². The Balaban J connectivity index is 2.70. The predicted molar refractivity (Wildman–Crippen MR) is 44.6 cm³/mol. The molecule has 0 saturated heterocycles. The normalized spacial score (nSPS) is 11.3. The monoisotopic (exact) mass is 161 g/mol. The summed E-state index contributed by atoms with van der Waals surface area (Å²) in [5.41, 5.74) is 1.73. The van der Waals surface area contributed by atoms with Gasteiger partial charge in [-0.1, -0.05) is 11.2 Å². The molecule has 0 aliphatic heterocycles. The van der Waals surface area contributed by atoms with Crippen LogP contribution in [0.2, 0.25) is 0 Å². The number of hydrogen-bond acceptors (Lipinski definition) is 3. The fourth-order valence-electron chi connectivity index (χ4n) is 1.12. The molecule has 2 heterocycles. The van der Waals surface area contributed by atoms with Crippen LogP contribution in [0.15, 0.2) is 35.7 Å². The van der Waals surface area contributed by atoms with Crippen LogP contribution in [-0.4, -0.2) is 21.0 Å². The molecule has 1 N–H and O–H groups in total. The molecule has 0 saturated carbocycles. The van der Waals surface area contributed by atoms with Gasteiger partial charge in [0.05, 0.1) is 17.9 Å². The molecule has 0 amide bonds. The lowest BCUT2D eigenvalue weighted by Gasteiger charge is -1.90. The molecule has 0 unspecified atom stereocenters. The molecular formula is C8H7N3O. The molecule has 4 heteroatoms. The lowest BCUT2D eigenvalue weighted by molar-refractivity contribution is 0.322. The molecule has 0 atom stereocenters. The van der Waals surface area contributed by atoms with Gasteiger partial charge in [-0.2, -0.15) is 5.10 Å². The van der Waals surface area contributed by atoms with E-state index in [4.69, 9.17) is 5.21 Å². The molecule has 60 valence electrons. The number of fused-ring (bicyclic) bond motifs is 1. The highest BCUT2D eigenvalue weighted by molar-refractivity contribution is 5.88.